The van der Waals surface area contributed by atoms with Crippen LogP contribution >= 0.6 is 0 Å². The predicted octanol–water partition coefficient (Wildman–Crippen LogP) is 3.64. The maximum atomic E-state index is 12.2. The molecule has 3 aromatic rings. The number of carbonyl (C=O) groups excluding carboxylic acids is 1. The van der Waals surface area contributed by atoms with Crippen molar-refractivity contribution in [1.82, 2.24) is 15.5 Å². The number of benzene rings is 2. The number of aryl methyl sites for hydroxylation is 2. The Balaban J connectivity index is 1.54. The largest absolute Gasteiger partial charge is 0.365 e. The first-order valence-corrected chi connectivity index (χ1v) is 8.57. The molecule has 0 aliphatic carbocycles. The molecular weight excluding hydrogens is 324 g/mol. The molecule has 0 unspecified atom stereocenters. The van der Waals surface area contributed by atoms with E-state index in [0.717, 1.165) is 5.56 Å². The summed E-state index contributed by atoms with van der Waals surface area (Å²) in [7, 11) is 0. The van der Waals surface area contributed by atoms with Gasteiger partial charge in [0.15, 0.2) is 5.69 Å². The Labute approximate surface area is 153 Å². The smallest absolute Gasteiger partial charge is 0.272 e. The highest BCUT2D eigenvalue weighted by Crippen LogP contribution is 2.08. The van der Waals surface area contributed by atoms with Gasteiger partial charge in [0, 0.05) is 13.1 Å². The summed E-state index contributed by atoms with van der Waals surface area (Å²) in [4.78, 5) is 12.2. The lowest BCUT2D eigenvalue weighted by atomic mass is 10.1. The summed E-state index contributed by atoms with van der Waals surface area (Å²) < 4.78 is 0. The average Bonchev–Trinajstić information content (AvgIpc) is 2.65. The number of nitrogens with one attached hydrogen (secondary N) is 2. The molecule has 5 nitrogen and oxygen atoms in total. The molecule has 2 aromatic carbocycles. The molecule has 1 amide bonds. The van der Waals surface area contributed by atoms with E-state index in [9.17, 15) is 4.79 Å². The van der Waals surface area contributed by atoms with E-state index in [1.54, 1.807) is 12.1 Å². The number of nitrogens with zero attached hydrogens (tertiary/aromatic N) is 2. The molecule has 5 heteroatoms. The molecule has 0 atom stereocenters. The highest BCUT2D eigenvalue weighted by atomic mass is 16.1. The lowest BCUT2D eigenvalue weighted by Crippen LogP contribution is -2.24. The van der Waals surface area contributed by atoms with Crippen LogP contribution in [0.1, 0.15) is 32.7 Å². The minimum absolute atomic E-state index is 0.232. The van der Waals surface area contributed by atoms with E-state index in [0.29, 0.717) is 24.6 Å². The maximum Gasteiger partial charge on any atom is 0.272 e. The number of amides is 1. The molecule has 0 bridgehead atoms. The van der Waals surface area contributed by atoms with Gasteiger partial charge in [-0.25, -0.2) is 0 Å². The number of hydrogen-bond acceptors (Lipinski definition) is 4. The molecule has 0 fully saturated rings. The van der Waals surface area contributed by atoms with Crippen LogP contribution in [0.5, 0.6) is 0 Å². The van der Waals surface area contributed by atoms with E-state index >= 15 is 0 Å². The molecule has 0 aliphatic rings. The van der Waals surface area contributed by atoms with Gasteiger partial charge in [0.1, 0.15) is 5.82 Å². The van der Waals surface area contributed by atoms with E-state index in [1.165, 1.54) is 16.7 Å². The first-order valence-electron chi connectivity index (χ1n) is 8.57. The average molecular weight is 346 g/mol. The number of carbonyl (C=O) groups is 1. The van der Waals surface area contributed by atoms with E-state index in [4.69, 9.17) is 0 Å². The van der Waals surface area contributed by atoms with Crippen molar-refractivity contribution in [2.24, 2.45) is 0 Å². The second kappa shape index (κ2) is 8.25. The van der Waals surface area contributed by atoms with Crippen LogP contribution in [-0.4, -0.2) is 16.1 Å². The van der Waals surface area contributed by atoms with Crippen LogP contribution in [0.3, 0.4) is 0 Å². The van der Waals surface area contributed by atoms with Gasteiger partial charge in [0.25, 0.3) is 5.91 Å². The van der Waals surface area contributed by atoms with Crippen molar-refractivity contribution >= 4 is 11.7 Å². The van der Waals surface area contributed by atoms with Gasteiger partial charge in [-0.1, -0.05) is 59.7 Å². The Morgan fingerprint density at radius 2 is 1.50 bits per heavy atom. The van der Waals surface area contributed by atoms with Crippen molar-refractivity contribution in [3.8, 4) is 0 Å². The molecule has 26 heavy (non-hydrogen) atoms. The molecular formula is C21H22N4O. The van der Waals surface area contributed by atoms with Gasteiger partial charge in [-0.3, -0.25) is 4.79 Å². The van der Waals surface area contributed by atoms with Crippen LogP contribution in [0.2, 0.25) is 0 Å². The van der Waals surface area contributed by atoms with Gasteiger partial charge >= 0.3 is 0 Å². The van der Waals surface area contributed by atoms with Crippen LogP contribution in [0.15, 0.2) is 60.7 Å². The lowest BCUT2D eigenvalue weighted by molar-refractivity contribution is 0.0945. The molecule has 0 radical (unpaired) electrons. The highest BCUT2D eigenvalue weighted by Gasteiger charge is 2.08. The molecule has 2 N–H and O–H groups in total. The van der Waals surface area contributed by atoms with Crippen LogP contribution in [-0.2, 0) is 13.1 Å². The van der Waals surface area contributed by atoms with Crippen molar-refractivity contribution in [3.63, 3.8) is 0 Å². The van der Waals surface area contributed by atoms with Gasteiger partial charge in [0.05, 0.1) is 0 Å². The third kappa shape index (κ3) is 4.89. The Morgan fingerprint density at radius 1 is 0.846 bits per heavy atom. The second-order valence-corrected chi connectivity index (χ2v) is 6.32. The predicted molar refractivity (Wildman–Crippen MR) is 103 cm³/mol. The Bertz CT molecular complexity index is 891. The standard InChI is InChI=1S/C21H22N4O/c1-15-5-3-7-17(11-15)13-22-20-10-9-19(24-25-20)21(26)23-14-18-8-4-6-16(2)12-18/h3-12H,13-14H2,1-2H3,(H,22,25)(H,23,26). The van der Waals surface area contributed by atoms with Crippen LogP contribution < -0.4 is 10.6 Å². The van der Waals surface area contributed by atoms with E-state index in [-0.39, 0.29) is 5.91 Å². The molecule has 132 valence electrons. The van der Waals surface area contributed by atoms with Crippen LogP contribution in [0.4, 0.5) is 5.82 Å². The summed E-state index contributed by atoms with van der Waals surface area (Å²) >= 11 is 0. The third-order valence-corrected chi connectivity index (χ3v) is 3.99. The van der Waals surface area contributed by atoms with Gasteiger partial charge < -0.3 is 10.6 Å². The van der Waals surface area contributed by atoms with Crippen molar-refractivity contribution in [1.29, 1.82) is 0 Å². The first-order chi connectivity index (χ1) is 12.6. The summed E-state index contributed by atoms with van der Waals surface area (Å²) in [5, 5.41) is 14.2. The van der Waals surface area contributed by atoms with Gasteiger partial charge in [-0.05, 0) is 37.1 Å². The van der Waals surface area contributed by atoms with Crippen LogP contribution in [0, 0.1) is 13.8 Å². The monoisotopic (exact) mass is 346 g/mol. The maximum absolute atomic E-state index is 12.2. The Morgan fingerprint density at radius 3 is 2.08 bits per heavy atom. The van der Waals surface area contributed by atoms with Crippen molar-refractivity contribution in [3.05, 3.63) is 88.6 Å². The quantitative estimate of drug-likeness (QED) is 0.715. The SMILES string of the molecule is Cc1cccc(CNC(=O)c2ccc(NCc3cccc(C)c3)nn2)c1. The summed E-state index contributed by atoms with van der Waals surface area (Å²) in [6.07, 6.45) is 0. The fraction of sp³-hybridized carbons (Fsp3) is 0.190. The minimum atomic E-state index is -0.232. The minimum Gasteiger partial charge on any atom is -0.365 e. The van der Waals surface area contributed by atoms with Gasteiger partial charge in [-0.15, -0.1) is 10.2 Å². The van der Waals surface area contributed by atoms with Crippen molar-refractivity contribution < 1.29 is 4.79 Å². The van der Waals surface area contributed by atoms with Crippen LogP contribution in [0.25, 0.3) is 0 Å². The summed E-state index contributed by atoms with van der Waals surface area (Å²) in [6.45, 7) is 5.22. The van der Waals surface area contributed by atoms with Crippen molar-refractivity contribution in [2.45, 2.75) is 26.9 Å². The zero-order valence-electron chi connectivity index (χ0n) is 15.0. The highest BCUT2D eigenvalue weighted by molar-refractivity contribution is 5.92. The normalized spacial score (nSPS) is 10.4. The Kier molecular flexibility index (Phi) is 5.59. The van der Waals surface area contributed by atoms with E-state index in [1.807, 2.05) is 37.3 Å². The summed E-state index contributed by atoms with van der Waals surface area (Å²) in [5.74, 6) is 0.408. The molecule has 0 aliphatic heterocycles. The molecule has 1 heterocycles. The summed E-state index contributed by atoms with van der Waals surface area (Å²) in [6, 6.07) is 19.7. The fourth-order valence-corrected chi connectivity index (χ4v) is 2.66. The number of hydrogen-bond donors (Lipinski definition) is 2. The van der Waals surface area contributed by atoms with Gasteiger partial charge in [0.2, 0.25) is 0 Å². The number of aromatic nitrogens is 2. The molecule has 3 rings (SSSR count). The number of anilines is 1. The summed E-state index contributed by atoms with van der Waals surface area (Å²) in [5.41, 5.74) is 4.92. The van der Waals surface area contributed by atoms with E-state index in [2.05, 4.69) is 46.0 Å². The third-order valence-electron chi connectivity index (χ3n) is 3.99. The molecule has 0 saturated carbocycles. The topological polar surface area (TPSA) is 66.9 Å². The molecule has 0 saturated heterocycles. The molecule has 1 aromatic heterocycles. The van der Waals surface area contributed by atoms with E-state index < -0.39 is 0 Å². The zero-order chi connectivity index (χ0) is 18.4. The zero-order valence-corrected chi connectivity index (χ0v) is 15.0. The Hall–Kier alpha value is -3.21. The molecule has 0 spiro atoms. The van der Waals surface area contributed by atoms with Gasteiger partial charge in [-0.2, -0.15) is 0 Å². The lowest BCUT2D eigenvalue weighted by Gasteiger charge is -2.07. The first kappa shape index (κ1) is 17.6. The van der Waals surface area contributed by atoms with Crippen molar-refractivity contribution in [2.75, 3.05) is 5.32 Å². The fourth-order valence-electron chi connectivity index (χ4n) is 2.66. The number of rotatable bonds is 6. The second-order valence-electron chi connectivity index (χ2n) is 6.32.